The van der Waals surface area contributed by atoms with Gasteiger partial charge in [-0.05, 0) is 23.1 Å². The van der Waals surface area contributed by atoms with Crippen LogP contribution in [-0.4, -0.2) is 43.7 Å². The van der Waals surface area contributed by atoms with Gasteiger partial charge in [0.15, 0.2) is 5.76 Å². The molecule has 5 nitrogen and oxygen atoms in total. The number of amides is 1. The number of rotatable bonds is 8. The van der Waals surface area contributed by atoms with Crippen molar-refractivity contribution < 1.29 is 13.9 Å². The average molecular weight is 479 g/mol. The van der Waals surface area contributed by atoms with Gasteiger partial charge < -0.3 is 14.5 Å². The van der Waals surface area contributed by atoms with Crippen LogP contribution in [0.3, 0.4) is 0 Å². The molecule has 33 heavy (non-hydrogen) atoms. The lowest BCUT2D eigenvalue weighted by Crippen LogP contribution is -2.43. The van der Waals surface area contributed by atoms with E-state index in [1.54, 1.807) is 23.1 Å². The standard InChI is InChI=1S/C26H26N2O3S2/c29-26(27-17-22(19-7-2-1-3-8-19)28-12-14-30-15-13-28)25-21(18-33-24-11-6-16-32-24)20-9-4-5-10-23(20)31-25/h1-11,16,22H,12-15,17-18H2,(H,27,29). The fourth-order valence-corrected chi connectivity index (χ4v) is 6.02. The molecule has 1 saturated heterocycles. The van der Waals surface area contributed by atoms with E-state index < -0.39 is 0 Å². The van der Waals surface area contributed by atoms with Crippen molar-refractivity contribution in [1.29, 1.82) is 0 Å². The SMILES string of the molecule is O=C(NCC(c1ccccc1)N1CCOCC1)c1oc2ccccc2c1CSc1cccs1. The molecule has 2 aromatic carbocycles. The van der Waals surface area contributed by atoms with Gasteiger partial charge in [0, 0.05) is 36.3 Å². The first-order chi connectivity index (χ1) is 16.3. The van der Waals surface area contributed by atoms with E-state index in [1.165, 1.54) is 9.77 Å². The highest BCUT2D eigenvalue weighted by Crippen LogP contribution is 2.34. The lowest BCUT2D eigenvalue weighted by Gasteiger charge is -2.34. The van der Waals surface area contributed by atoms with Crippen LogP contribution in [0, 0.1) is 0 Å². The highest BCUT2D eigenvalue weighted by Gasteiger charge is 2.25. The Kier molecular flexibility index (Phi) is 7.12. The monoisotopic (exact) mass is 478 g/mol. The van der Waals surface area contributed by atoms with Crippen LogP contribution in [0.4, 0.5) is 0 Å². The predicted octanol–water partition coefficient (Wildman–Crippen LogP) is 5.59. The number of fused-ring (bicyclic) bond motifs is 1. The molecule has 3 heterocycles. The molecule has 0 aliphatic carbocycles. The summed E-state index contributed by atoms with van der Waals surface area (Å²) in [6.07, 6.45) is 0. The molecular formula is C26H26N2O3S2. The molecular weight excluding hydrogens is 452 g/mol. The van der Waals surface area contributed by atoms with Gasteiger partial charge in [-0.3, -0.25) is 9.69 Å². The maximum Gasteiger partial charge on any atom is 0.287 e. The minimum atomic E-state index is -0.165. The first kappa shape index (κ1) is 22.2. The number of thiophene rings is 1. The summed E-state index contributed by atoms with van der Waals surface area (Å²) < 4.78 is 12.8. The number of nitrogens with zero attached hydrogens (tertiary/aromatic N) is 1. The van der Waals surface area contributed by atoms with Gasteiger partial charge in [-0.2, -0.15) is 0 Å². The number of hydrogen-bond donors (Lipinski definition) is 1. The summed E-state index contributed by atoms with van der Waals surface area (Å²) in [6.45, 7) is 3.64. The van der Waals surface area contributed by atoms with Gasteiger partial charge in [0.25, 0.3) is 5.91 Å². The summed E-state index contributed by atoms with van der Waals surface area (Å²) in [7, 11) is 0. The number of benzene rings is 2. The second kappa shape index (κ2) is 10.6. The first-order valence-corrected chi connectivity index (χ1v) is 13.0. The van der Waals surface area contributed by atoms with Crippen LogP contribution in [0.1, 0.15) is 27.7 Å². The molecule has 1 aliphatic heterocycles. The van der Waals surface area contributed by atoms with Crippen LogP contribution in [0.25, 0.3) is 11.0 Å². The van der Waals surface area contributed by atoms with E-state index in [9.17, 15) is 4.79 Å². The maximum absolute atomic E-state index is 13.4. The van der Waals surface area contributed by atoms with Crippen LogP contribution in [0.5, 0.6) is 0 Å². The van der Waals surface area contributed by atoms with Crippen LogP contribution in [0.15, 0.2) is 80.7 Å². The summed E-state index contributed by atoms with van der Waals surface area (Å²) in [5, 5.41) is 6.24. The first-order valence-electron chi connectivity index (χ1n) is 11.1. The Morgan fingerprint density at radius 2 is 1.82 bits per heavy atom. The van der Waals surface area contributed by atoms with Crippen LogP contribution in [-0.2, 0) is 10.5 Å². The van der Waals surface area contributed by atoms with E-state index in [0.717, 1.165) is 29.6 Å². The summed E-state index contributed by atoms with van der Waals surface area (Å²) >= 11 is 3.44. The van der Waals surface area contributed by atoms with Crippen molar-refractivity contribution >= 4 is 40.0 Å². The highest BCUT2D eigenvalue weighted by atomic mass is 32.2. The molecule has 0 radical (unpaired) electrons. The lowest BCUT2D eigenvalue weighted by molar-refractivity contribution is 0.0161. The van der Waals surface area contributed by atoms with Crippen LogP contribution in [0.2, 0.25) is 0 Å². The predicted molar refractivity (Wildman–Crippen MR) is 134 cm³/mol. The zero-order valence-corrected chi connectivity index (χ0v) is 19.9. The van der Waals surface area contributed by atoms with Gasteiger partial charge in [0.05, 0.1) is 23.5 Å². The molecule has 4 aromatic rings. The molecule has 7 heteroatoms. The van der Waals surface area contributed by atoms with E-state index in [-0.39, 0.29) is 11.9 Å². The molecule has 170 valence electrons. The minimum Gasteiger partial charge on any atom is -0.451 e. The molecule has 1 atom stereocenters. The van der Waals surface area contributed by atoms with Gasteiger partial charge in [0.1, 0.15) is 5.58 Å². The number of morpholine rings is 1. The molecule has 1 aliphatic rings. The Morgan fingerprint density at radius 3 is 2.61 bits per heavy atom. The minimum absolute atomic E-state index is 0.0902. The zero-order valence-electron chi connectivity index (χ0n) is 18.2. The quantitative estimate of drug-likeness (QED) is 0.335. The molecule has 0 spiro atoms. The van der Waals surface area contributed by atoms with Crippen molar-refractivity contribution in [2.24, 2.45) is 0 Å². The van der Waals surface area contributed by atoms with Crippen molar-refractivity contribution in [3.8, 4) is 0 Å². The summed E-state index contributed by atoms with van der Waals surface area (Å²) in [5.74, 6) is 0.933. The second-order valence-electron chi connectivity index (χ2n) is 7.91. The Hall–Kier alpha value is -2.58. The van der Waals surface area contributed by atoms with E-state index in [1.807, 2.05) is 48.5 Å². The smallest absolute Gasteiger partial charge is 0.287 e. The fraction of sp³-hybridized carbons (Fsp3) is 0.269. The van der Waals surface area contributed by atoms with Crippen molar-refractivity contribution in [2.45, 2.75) is 16.0 Å². The van der Waals surface area contributed by atoms with E-state index in [0.29, 0.717) is 31.3 Å². The second-order valence-corrected chi connectivity index (χ2v) is 10.1. The number of para-hydroxylation sites is 1. The Labute approximate surface area is 201 Å². The normalized spacial score (nSPS) is 15.5. The number of carbonyl (C=O) groups excluding carboxylic acids is 1. The molecule has 1 amide bonds. The lowest BCUT2D eigenvalue weighted by atomic mass is 10.0. The van der Waals surface area contributed by atoms with E-state index in [2.05, 4.69) is 33.8 Å². The third-order valence-electron chi connectivity index (χ3n) is 5.89. The Morgan fingerprint density at radius 1 is 1.03 bits per heavy atom. The molecule has 1 fully saturated rings. The summed E-state index contributed by atoms with van der Waals surface area (Å²) in [5.41, 5.74) is 2.89. The van der Waals surface area contributed by atoms with Crippen LogP contribution < -0.4 is 5.32 Å². The van der Waals surface area contributed by atoms with Crippen LogP contribution >= 0.6 is 23.1 Å². The van der Waals surface area contributed by atoms with Gasteiger partial charge in [-0.25, -0.2) is 0 Å². The summed E-state index contributed by atoms with van der Waals surface area (Å²) in [4.78, 5) is 15.7. The van der Waals surface area contributed by atoms with E-state index in [4.69, 9.17) is 9.15 Å². The molecule has 5 rings (SSSR count). The third-order valence-corrected chi connectivity index (χ3v) is 8.04. The van der Waals surface area contributed by atoms with Gasteiger partial charge in [-0.1, -0.05) is 54.6 Å². The largest absolute Gasteiger partial charge is 0.451 e. The van der Waals surface area contributed by atoms with Gasteiger partial charge >= 0.3 is 0 Å². The number of ether oxygens (including phenoxy) is 1. The Bertz CT molecular complexity index is 1180. The van der Waals surface area contributed by atoms with Crippen molar-refractivity contribution in [3.05, 3.63) is 89.0 Å². The third kappa shape index (κ3) is 5.17. The highest BCUT2D eigenvalue weighted by molar-refractivity contribution is 8.00. The number of carbonyl (C=O) groups is 1. The fourth-order valence-electron chi connectivity index (χ4n) is 4.21. The zero-order chi connectivity index (χ0) is 22.5. The molecule has 1 unspecified atom stereocenters. The van der Waals surface area contributed by atoms with E-state index >= 15 is 0 Å². The molecule has 0 bridgehead atoms. The number of thioether (sulfide) groups is 1. The van der Waals surface area contributed by atoms with Gasteiger partial charge in [0.2, 0.25) is 0 Å². The van der Waals surface area contributed by atoms with Crippen molar-refractivity contribution in [3.63, 3.8) is 0 Å². The number of furan rings is 1. The molecule has 0 saturated carbocycles. The molecule has 2 aromatic heterocycles. The topological polar surface area (TPSA) is 54.7 Å². The van der Waals surface area contributed by atoms with Crippen molar-refractivity contribution in [1.82, 2.24) is 10.2 Å². The maximum atomic E-state index is 13.4. The number of hydrogen-bond acceptors (Lipinski definition) is 6. The van der Waals surface area contributed by atoms with Crippen molar-refractivity contribution in [2.75, 3.05) is 32.8 Å². The van der Waals surface area contributed by atoms with Gasteiger partial charge in [-0.15, -0.1) is 23.1 Å². The summed E-state index contributed by atoms with van der Waals surface area (Å²) in [6, 6.07) is 22.5. The Balaban J connectivity index is 1.37. The average Bonchev–Trinajstić information content (AvgIpc) is 3.52. The number of nitrogens with one attached hydrogen (secondary N) is 1. The molecule has 1 N–H and O–H groups in total.